The smallest absolute Gasteiger partial charge is 0.265 e. The largest absolute Gasteiger partial charge is 0.321 e. The van der Waals surface area contributed by atoms with Crippen molar-refractivity contribution in [3.8, 4) is 0 Å². The number of para-hydroxylation sites is 1. The second-order valence-corrected chi connectivity index (χ2v) is 8.17. The molecular weight excluding hydrogens is 376 g/mol. The number of hydrogen-bond acceptors (Lipinski definition) is 4. The number of amides is 2. The van der Waals surface area contributed by atoms with Crippen molar-refractivity contribution in [2.45, 2.75) is 11.3 Å². The van der Waals surface area contributed by atoms with Crippen LogP contribution in [0.2, 0.25) is 0 Å². The van der Waals surface area contributed by atoms with E-state index in [0.717, 1.165) is 29.2 Å². The molecule has 0 unspecified atom stereocenters. The zero-order valence-electron chi connectivity index (χ0n) is 14.6. The lowest BCUT2D eigenvalue weighted by molar-refractivity contribution is -0.116. The van der Waals surface area contributed by atoms with Crippen LogP contribution in [0.3, 0.4) is 0 Å². The summed E-state index contributed by atoms with van der Waals surface area (Å²) in [5.41, 5.74) is 2.99. The topological polar surface area (TPSA) is 49.4 Å². The van der Waals surface area contributed by atoms with E-state index in [2.05, 4.69) is 11.4 Å². The van der Waals surface area contributed by atoms with Gasteiger partial charge in [0.2, 0.25) is 5.91 Å². The number of thiophene rings is 1. The number of carbonyl (C=O) groups is 2. The van der Waals surface area contributed by atoms with Gasteiger partial charge in [0, 0.05) is 22.8 Å². The quantitative estimate of drug-likeness (QED) is 0.639. The average Bonchev–Trinajstić information content (AvgIpc) is 3.36. The Morgan fingerprint density at radius 3 is 2.81 bits per heavy atom. The Morgan fingerprint density at radius 2 is 1.96 bits per heavy atom. The Balaban J connectivity index is 1.38. The molecule has 1 aliphatic rings. The van der Waals surface area contributed by atoms with Crippen LogP contribution >= 0.6 is 23.1 Å². The van der Waals surface area contributed by atoms with Crippen LogP contribution < -0.4 is 10.2 Å². The molecule has 2 amide bonds. The van der Waals surface area contributed by atoms with Gasteiger partial charge in [-0.25, -0.2) is 0 Å². The summed E-state index contributed by atoms with van der Waals surface area (Å²) in [5, 5.41) is 4.78. The van der Waals surface area contributed by atoms with Crippen LogP contribution in [-0.2, 0) is 11.2 Å². The van der Waals surface area contributed by atoms with Gasteiger partial charge in [-0.05, 0) is 47.7 Å². The Labute approximate surface area is 166 Å². The molecular formula is C21H18N2O2S2. The third-order valence-electron chi connectivity index (χ3n) is 4.39. The maximum Gasteiger partial charge on any atom is 0.265 e. The van der Waals surface area contributed by atoms with E-state index in [-0.39, 0.29) is 11.8 Å². The van der Waals surface area contributed by atoms with Gasteiger partial charge in [-0.2, -0.15) is 0 Å². The lowest BCUT2D eigenvalue weighted by atomic mass is 10.2. The van der Waals surface area contributed by atoms with Gasteiger partial charge in [-0.3, -0.25) is 9.59 Å². The number of nitrogens with one attached hydrogen (secondary N) is 1. The van der Waals surface area contributed by atoms with E-state index in [4.69, 9.17) is 0 Å². The summed E-state index contributed by atoms with van der Waals surface area (Å²) >= 11 is 2.90. The van der Waals surface area contributed by atoms with E-state index in [1.54, 1.807) is 6.07 Å². The van der Waals surface area contributed by atoms with Gasteiger partial charge in [0.15, 0.2) is 0 Å². The number of nitrogens with zero attached hydrogens (tertiary/aromatic N) is 1. The van der Waals surface area contributed by atoms with Crippen molar-refractivity contribution in [3.63, 3.8) is 0 Å². The van der Waals surface area contributed by atoms with Gasteiger partial charge in [-0.1, -0.05) is 30.3 Å². The van der Waals surface area contributed by atoms with Gasteiger partial charge in [0.1, 0.15) is 0 Å². The van der Waals surface area contributed by atoms with E-state index >= 15 is 0 Å². The monoisotopic (exact) mass is 394 g/mol. The summed E-state index contributed by atoms with van der Waals surface area (Å²) in [6.07, 6.45) is 0.914. The van der Waals surface area contributed by atoms with Crippen LogP contribution in [0.5, 0.6) is 0 Å². The molecule has 0 saturated carbocycles. The van der Waals surface area contributed by atoms with Crippen LogP contribution in [0, 0.1) is 0 Å². The summed E-state index contributed by atoms with van der Waals surface area (Å²) < 4.78 is 0. The molecule has 2 aromatic carbocycles. The van der Waals surface area contributed by atoms with Crippen LogP contribution in [0.1, 0.15) is 15.2 Å². The fraction of sp³-hybridized carbons (Fsp3) is 0.143. The number of rotatable bonds is 5. The van der Waals surface area contributed by atoms with Crippen molar-refractivity contribution in [2.75, 3.05) is 22.5 Å². The molecule has 0 atom stereocenters. The number of carbonyl (C=O) groups excluding carboxylic acids is 2. The minimum Gasteiger partial charge on any atom is -0.321 e. The molecule has 4 rings (SSSR count). The minimum atomic E-state index is -0.114. The SMILES string of the molecule is O=C(Nc1cccc(SCC(=O)N2CCc3ccccc32)c1)c1cccs1. The van der Waals surface area contributed by atoms with E-state index in [9.17, 15) is 9.59 Å². The second-order valence-electron chi connectivity index (χ2n) is 6.17. The van der Waals surface area contributed by atoms with Gasteiger partial charge >= 0.3 is 0 Å². The highest BCUT2D eigenvalue weighted by molar-refractivity contribution is 8.00. The van der Waals surface area contributed by atoms with Crippen molar-refractivity contribution < 1.29 is 9.59 Å². The fourth-order valence-electron chi connectivity index (χ4n) is 3.08. The van der Waals surface area contributed by atoms with Crippen LogP contribution in [0.25, 0.3) is 0 Å². The molecule has 6 heteroatoms. The molecule has 0 spiro atoms. The Kier molecular flexibility index (Phi) is 5.27. The van der Waals surface area contributed by atoms with Crippen molar-refractivity contribution in [1.82, 2.24) is 0 Å². The predicted octanol–water partition coefficient (Wildman–Crippen LogP) is 4.68. The summed E-state index contributed by atoms with van der Waals surface area (Å²) in [4.78, 5) is 28.3. The third-order valence-corrected chi connectivity index (χ3v) is 6.23. The zero-order valence-corrected chi connectivity index (χ0v) is 16.2. The summed E-state index contributed by atoms with van der Waals surface area (Å²) in [6.45, 7) is 0.746. The Hall–Kier alpha value is -2.57. The van der Waals surface area contributed by atoms with Crippen molar-refractivity contribution in [1.29, 1.82) is 0 Å². The van der Waals surface area contributed by atoms with Crippen molar-refractivity contribution >= 4 is 46.3 Å². The first-order valence-corrected chi connectivity index (χ1v) is 10.5. The fourth-order valence-corrected chi connectivity index (χ4v) is 4.53. The molecule has 0 aliphatic carbocycles. The number of benzene rings is 2. The molecule has 3 aromatic rings. The highest BCUT2D eigenvalue weighted by Crippen LogP contribution is 2.29. The second kappa shape index (κ2) is 7.98. The standard InChI is InChI=1S/C21H18N2O2S2/c24-20(23-11-10-15-5-1-2-8-18(15)23)14-27-17-7-3-6-16(13-17)22-21(25)19-9-4-12-26-19/h1-9,12-13H,10-11,14H2,(H,22,25). The molecule has 0 bridgehead atoms. The molecule has 1 aromatic heterocycles. The highest BCUT2D eigenvalue weighted by Gasteiger charge is 2.23. The van der Waals surface area contributed by atoms with Gasteiger partial charge in [0.05, 0.1) is 10.6 Å². The van der Waals surface area contributed by atoms with E-state index < -0.39 is 0 Å². The van der Waals surface area contributed by atoms with Crippen LogP contribution in [-0.4, -0.2) is 24.1 Å². The summed E-state index contributed by atoms with van der Waals surface area (Å²) in [6, 6.07) is 19.3. The molecule has 0 radical (unpaired) electrons. The van der Waals surface area contributed by atoms with Crippen molar-refractivity contribution in [2.24, 2.45) is 0 Å². The minimum absolute atomic E-state index is 0.109. The number of hydrogen-bond donors (Lipinski definition) is 1. The third kappa shape index (κ3) is 4.07. The van der Waals surface area contributed by atoms with Gasteiger partial charge in [-0.15, -0.1) is 23.1 Å². The highest BCUT2D eigenvalue weighted by atomic mass is 32.2. The normalized spacial score (nSPS) is 12.7. The van der Waals surface area contributed by atoms with Gasteiger partial charge in [0.25, 0.3) is 5.91 Å². The first kappa shape index (κ1) is 17.8. The molecule has 27 heavy (non-hydrogen) atoms. The number of fused-ring (bicyclic) bond motifs is 1. The predicted molar refractivity (Wildman–Crippen MR) is 112 cm³/mol. The number of thioether (sulfide) groups is 1. The maximum atomic E-state index is 12.6. The number of anilines is 2. The first-order valence-electron chi connectivity index (χ1n) is 8.67. The Bertz CT molecular complexity index is 970. The van der Waals surface area contributed by atoms with E-state index in [1.807, 2.05) is 58.8 Å². The van der Waals surface area contributed by atoms with Gasteiger partial charge < -0.3 is 10.2 Å². The van der Waals surface area contributed by atoms with Crippen molar-refractivity contribution in [3.05, 3.63) is 76.5 Å². The lowest BCUT2D eigenvalue weighted by Crippen LogP contribution is -2.30. The van der Waals surface area contributed by atoms with Crippen LogP contribution in [0.15, 0.2) is 70.9 Å². The molecule has 4 nitrogen and oxygen atoms in total. The van der Waals surface area contributed by atoms with E-state index in [0.29, 0.717) is 10.6 Å². The Morgan fingerprint density at radius 1 is 1.07 bits per heavy atom. The lowest BCUT2D eigenvalue weighted by Gasteiger charge is -2.17. The molecule has 0 fully saturated rings. The molecule has 2 heterocycles. The molecule has 1 N–H and O–H groups in total. The average molecular weight is 395 g/mol. The molecule has 136 valence electrons. The first-order chi connectivity index (χ1) is 13.2. The maximum absolute atomic E-state index is 12.6. The zero-order chi connectivity index (χ0) is 18.6. The summed E-state index contributed by atoms with van der Waals surface area (Å²) in [7, 11) is 0. The molecule has 0 saturated heterocycles. The van der Waals surface area contributed by atoms with Crippen LogP contribution in [0.4, 0.5) is 11.4 Å². The van der Waals surface area contributed by atoms with E-state index in [1.165, 1.54) is 28.7 Å². The summed E-state index contributed by atoms with van der Waals surface area (Å²) in [5.74, 6) is 0.367. The molecule has 1 aliphatic heterocycles.